The van der Waals surface area contributed by atoms with Crippen molar-refractivity contribution in [1.29, 1.82) is 0 Å². The number of primary amides is 1. The van der Waals surface area contributed by atoms with E-state index < -0.39 is 6.03 Å². The summed E-state index contributed by atoms with van der Waals surface area (Å²) < 4.78 is 0. The van der Waals surface area contributed by atoms with Crippen molar-refractivity contribution in [3.05, 3.63) is 0 Å². The normalized spacial score (nSPS) is 30.0. The zero-order valence-corrected chi connectivity index (χ0v) is 14.2. The molecule has 0 unspecified atom stereocenters. The number of piperidine rings is 1. The molecule has 5 nitrogen and oxygen atoms in total. The lowest BCUT2D eigenvalue weighted by Gasteiger charge is -2.41. The summed E-state index contributed by atoms with van der Waals surface area (Å²) in [4.78, 5) is 25.5. The zero-order chi connectivity index (χ0) is 16.3. The summed E-state index contributed by atoms with van der Waals surface area (Å²) in [5, 5.41) is 3.29. The van der Waals surface area contributed by atoms with Gasteiger partial charge in [0.2, 0.25) is 5.91 Å². The molecule has 2 rings (SSSR count). The van der Waals surface area contributed by atoms with Crippen LogP contribution in [0.5, 0.6) is 0 Å². The minimum Gasteiger partial charge on any atom is -0.353 e. The highest BCUT2D eigenvalue weighted by molar-refractivity contribution is 5.80. The lowest BCUT2D eigenvalue weighted by Crippen LogP contribution is -2.52. The van der Waals surface area contributed by atoms with E-state index in [9.17, 15) is 9.59 Å². The Hall–Kier alpha value is -1.26. The number of nitrogens with two attached hydrogens (primary N) is 1. The van der Waals surface area contributed by atoms with Gasteiger partial charge in [0, 0.05) is 19.1 Å². The molecule has 1 heterocycles. The molecule has 0 aromatic heterocycles. The molecule has 0 spiro atoms. The van der Waals surface area contributed by atoms with Gasteiger partial charge in [0.15, 0.2) is 0 Å². The topological polar surface area (TPSA) is 75.4 Å². The summed E-state index contributed by atoms with van der Waals surface area (Å²) in [5.74, 6) is 0.525. The van der Waals surface area contributed by atoms with Crippen molar-refractivity contribution in [2.45, 2.75) is 65.3 Å². The zero-order valence-electron chi connectivity index (χ0n) is 14.2. The number of carbonyl (C=O) groups excluding carboxylic acids is 2. The second kappa shape index (κ2) is 6.88. The SMILES string of the molecule is CC(C)(C)[C@@H]1CCCC[C@@H]1NC(=O)[C@H]1CCCN(C(N)=O)C1. The lowest BCUT2D eigenvalue weighted by molar-refractivity contribution is -0.128. The number of likely N-dealkylation sites (tertiary alicyclic amines) is 1. The first-order chi connectivity index (χ1) is 10.3. The third kappa shape index (κ3) is 4.14. The van der Waals surface area contributed by atoms with Gasteiger partial charge in [-0.15, -0.1) is 0 Å². The van der Waals surface area contributed by atoms with E-state index in [2.05, 4.69) is 26.1 Å². The van der Waals surface area contributed by atoms with Gasteiger partial charge >= 0.3 is 6.03 Å². The van der Waals surface area contributed by atoms with Crippen LogP contribution in [0.15, 0.2) is 0 Å². The molecule has 0 aromatic carbocycles. The molecule has 0 bridgehead atoms. The number of carbonyl (C=O) groups is 2. The van der Waals surface area contributed by atoms with Gasteiger partial charge < -0.3 is 16.0 Å². The fourth-order valence-electron chi connectivity index (χ4n) is 4.03. The molecule has 1 saturated heterocycles. The minimum absolute atomic E-state index is 0.104. The van der Waals surface area contributed by atoms with E-state index in [1.165, 1.54) is 19.3 Å². The molecule has 22 heavy (non-hydrogen) atoms. The van der Waals surface area contributed by atoms with Crippen LogP contribution in [-0.4, -0.2) is 36.0 Å². The van der Waals surface area contributed by atoms with Gasteiger partial charge in [-0.1, -0.05) is 33.6 Å². The molecule has 0 radical (unpaired) electrons. The van der Waals surface area contributed by atoms with Crippen LogP contribution in [-0.2, 0) is 4.79 Å². The van der Waals surface area contributed by atoms with Gasteiger partial charge in [0.25, 0.3) is 0 Å². The fraction of sp³-hybridized carbons (Fsp3) is 0.882. The number of nitrogens with zero attached hydrogens (tertiary/aromatic N) is 1. The van der Waals surface area contributed by atoms with Crippen LogP contribution in [0.2, 0.25) is 0 Å². The van der Waals surface area contributed by atoms with Crippen LogP contribution in [0.3, 0.4) is 0 Å². The summed E-state index contributed by atoms with van der Waals surface area (Å²) in [5.41, 5.74) is 5.56. The summed E-state index contributed by atoms with van der Waals surface area (Å²) in [6, 6.07) is -0.145. The Morgan fingerprint density at radius 2 is 1.77 bits per heavy atom. The van der Waals surface area contributed by atoms with Crippen molar-refractivity contribution in [3.63, 3.8) is 0 Å². The number of hydrogen-bond acceptors (Lipinski definition) is 2. The molecule has 0 aromatic rings. The number of amides is 3. The Morgan fingerprint density at radius 3 is 2.41 bits per heavy atom. The quantitative estimate of drug-likeness (QED) is 0.822. The highest BCUT2D eigenvalue weighted by Gasteiger charge is 2.36. The summed E-state index contributed by atoms with van der Waals surface area (Å²) in [7, 11) is 0. The van der Waals surface area contributed by atoms with Crippen LogP contribution in [0.25, 0.3) is 0 Å². The lowest BCUT2D eigenvalue weighted by atomic mass is 9.69. The standard InChI is InChI=1S/C17H31N3O2/c1-17(2,3)13-8-4-5-9-14(13)19-15(21)12-7-6-10-20(11-12)16(18)22/h12-14H,4-11H2,1-3H3,(H2,18,22)(H,19,21)/t12-,13+,14-/m0/s1. The minimum atomic E-state index is -0.414. The first-order valence-corrected chi connectivity index (χ1v) is 8.64. The smallest absolute Gasteiger partial charge is 0.314 e. The maximum Gasteiger partial charge on any atom is 0.314 e. The van der Waals surface area contributed by atoms with Crippen LogP contribution >= 0.6 is 0 Å². The van der Waals surface area contributed by atoms with E-state index in [0.717, 1.165) is 19.3 Å². The van der Waals surface area contributed by atoms with Crippen LogP contribution in [0.4, 0.5) is 4.79 Å². The van der Waals surface area contributed by atoms with Crippen molar-refractivity contribution in [2.75, 3.05) is 13.1 Å². The highest BCUT2D eigenvalue weighted by atomic mass is 16.2. The van der Waals surface area contributed by atoms with E-state index in [1.54, 1.807) is 4.90 Å². The maximum atomic E-state index is 12.6. The second-order valence-corrected chi connectivity index (χ2v) is 8.00. The van der Waals surface area contributed by atoms with Crippen molar-refractivity contribution < 1.29 is 9.59 Å². The maximum absolute atomic E-state index is 12.6. The third-order valence-corrected chi connectivity index (χ3v) is 5.31. The molecule has 1 aliphatic heterocycles. The van der Waals surface area contributed by atoms with Crippen molar-refractivity contribution in [2.24, 2.45) is 23.0 Å². The van der Waals surface area contributed by atoms with E-state index in [1.807, 2.05) is 0 Å². The Labute approximate surface area is 134 Å². The number of rotatable bonds is 2. The van der Waals surface area contributed by atoms with Gasteiger partial charge in [-0.3, -0.25) is 4.79 Å². The monoisotopic (exact) mass is 309 g/mol. The van der Waals surface area contributed by atoms with E-state index >= 15 is 0 Å². The predicted molar refractivity (Wildman–Crippen MR) is 87.2 cm³/mol. The van der Waals surface area contributed by atoms with Crippen LogP contribution in [0, 0.1) is 17.3 Å². The number of urea groups is 1. The first-order valence-electron chi connectivity index (χ1n) is 8.64. The molecule has 5 heteroatoms. The average molecular weight is 309 g/mol. The second-order valence-electron chi connectivity index (χ2n) is 8.00. The Kier molecular flexibility index (Phi) is 5.35. The van der Waals surface area contributed by atoms with Gasteiger partial charge in [-0.05, 0) is 37.0 Å². The largest absolute Gasteiger partial charge is 0.353 e. The molecule has 126 valence electrons. The molecule has 2 aliphatic rings. The Balaban J connectivity index is 1.96. The highest BCUT2D eigenvalue weighted by Crippen LogP contribution is 2.38. The molecule has 1 saturated carbocycles. The molecular formula is C17H31N3O2. The van der Waals surface area contributed by atoms with Crippen molar-refractivity contribution in [1.82, 2.24) is 10.2 Å². The number of hydrogen-bond donors (Lipinski definition) is 2. The van der Waals surface area contributed by atoms with Crippen LogP contribution in [0.1, 0.15) is 59.3 Å². The Bertz CT molecular complexity index is 417. The third-order valence-electron chi connectivity index (χ3n) is 5.31. The predicted octanol–water partition coefficient (Wildman–Crippen LogP) is 2.50. The fourth-order valence-corrected chi connectivity index (χ4v) is 4.03. The summed E-state index contributed by atoms with van der Waals surface area (Å²) in [6.07, 6.45) is 6.41. The van der Waals surface area contributed by atoms with Crippen LogP contribution < -0.4 is 11.1 Å². The van der Waals surface area contributed by atoms with E-state index in [-0.39, 0.29) is 23.3 Å². The van der Waals surface area contributed by atoms with Crippen molar-refractivity contribution >= 4 is 11.9 Å². The molecule has 3 atom stereocenters. The molecule has 3 amide bonds. The first kappa shape index (κ1) is 17.1. The summed E-state index contributed by atoms with van der Waals surface area (Å²) >= 11 is 0. The molecule has 1 aliphatic carbocycles. The van der Waals surface area contributed by atoms with E-state index in [4.69, 9.17) is 5.73 Å². The van der Waals surface area contributed by atoms with E-state index in [0.29, 0.717) is 19.0 Å². The molecule has 3 N–H and O–H groups in total. The van der Waals surface area contributed by atoms with Gasteiger partial charge in [0.05, 0.1) is 5.92 Å². The summed E-state index contributed by atoms with van der Waals surface area (Å²) in [6.45, 7) is 7.92. The van der Waals surface area contributed by atoms with Gasteiger partial charge in [-0.2, -0.15) is 0 Å². The van der Waals surface area contributed by atoms with Gasteiger partial charge in [0.1, 0.15) is 0 Å². The molecular weight excluding hydrogens is 278 g/mol. The Morgan fingerprint density at radius 1 is 1.09 bits per heavy atom. The van der Waals surface area contributed by atoms with Crippen molar-refractivity contribution in [3.8, 4) is 0 Å². The number of nitrogens with one attached hydrogen (secondary N) is 1. The average Bonchev–Trinajstić information content (AvgIpc) is 2.46. The molecule has 2 fully saturated rings. The van der Waals surface area contributed by atoms with Gasteiger partial charge in [-0.25, -0.2) is 4.79 Å².